The second-order valence-electron chi connectivity index (χ2n) is 5.09. The third-order valence-corrected chi connectivity index (χ3v) is 4.20. The number of hydrogen-bond acceptors (Lipinski definition) is 1. The van der Waals surface area contributed by atoms with Gasteiger partial charge in [0.15, 0.2) is 0 Å². The monoisotopic (exact) mass is 325 g/mol. The molecule has 0 aromatic heterocycles. The Morgan fingerprint density at radius 1 is 0.900 bits per heavy atom. The molecule has 0 fully saturated rings. The molecule has 3 aromatic rings. The van der Waals surface area contributed by atoms with Crippen LogP contribution in [-0.2, 0) is 0 Å². The number of hydrogen-bond donors (Lipinski definition) is 1. The molecule has 0 bridgehead atoms. The lowest BCUT2D eigenvalue weighted by molar-refractivity contribution is 0.862. The van der Waals surface area contributed by atoms with E-state index in [4.69, 9.17) is 5.73 Å². The van der Waals surface area contributed by atoms with Gasteiger partial charge in [0.1, 0.15) is 0 Å². The van der Waals surface area contributed by atoms with Crippen molar-refractivity contribution < 1.29 is 0 Å². The minimum absolute atomic E-state index is 0.0999. The van der Waals surface area contributed by atoms with Crippen LogP contribution in [-0.4, -0.2) is 0 Å². The Bertz CT molecular complexity index is 764. The van der Waals surface area contributed by atoms with Crippen molar-refractivity contribution >= 4 is 26.7 Å². The Kier molecular flexibility index (Phi) is 3.60. The first-order chi connectivity index (χ1) is 9.65. The predicted molar refractivity (Wildman–Crippen MR) is 88.9 cm³/mol. The average Bonchev–Trinajstić information content (AvgIpc) is 2.48. The van der Waals surface area contributed by atoms with Crippen LogP contribution in [0.1, 0.15) is 22.7 Å². The lowest BCUT2D eigenvalue weighted by atomic mass is 9.94. The molecule has 3 aromatic carbocycles. The van der Waals surface area contributed by atoms with Crippen LogP contribution >= 0.6 is 15.9 Å². The van der Waals surface area contributed by atoms with Gasteiger partial charge in [0.25, 0.3) is 0 Å². The highest BCUT2D eigenvalue weighted by Crippen LogP contribution is 2.27. The van der Waals surface area contributed by atoms with Gasteiger partial charge in [0.2, 0.25) is 0 Å². The van der Waals surface area contributed by atoms with Crippen LogP contribution in [0.5, 0.6) is 0 Å². The molecule has 0 heterocycles. The van der Waals surface area contributed by atoms with Crippen LogP contribution in [0.25, 0.3) is 10.8 Å². The summed E-state index contributed by atoms with van der Waals surface area (Å²) in [7, 11) is 0. The zero-order valence-electron chi connectivity index (χ0n) is 11.3. The van der Waals surface area contributed by atoms with E-state index in [-0.39, 0.29) is 6.04 Å². The summed E-state index contributed by atoms with van der Waals surface area (Å²) < 4.78 is 1.06. The first-order valence-corrected chi connectivity index (χ1v) is 7.45. The molecule has 2 heteroatoms. The zero-order chi connectivity index (χ0) is 14.1. The minimum atomic E-state index is -0.0999. The van der Waals surface area contributed by atoms with Crippen molar-refractivity contribution in [2.24, 2.45) is 5.73 Å². The number of halogens is 1. The van der Waals surface area contributed by atoms with E-state index in [2.05, 4.69) is 77.5 Å². The SMILES string of the molecule is Cc1ccc(Br)cc1C(N)c1ccc2ccccc2c1. The molecular weight excluding hydrogens is 310 g/mol. The van der Waals surface area contributed by atoms with Gasteiger partial charge in [0, 0.05) is 4.47 Å². The fourth-order valence-corrected chi connectivity index (χ4v) is 2.91. The summed E-state index contributed by atoms with van der Waals surface area (Å²) >= 11 is 3.52. The molecule has 0 radical (unpaired) electrons. The molecule has 100 valence electrons. The summed E-state index contributed by atoms with van der Waals surface area (Å²) in [5.74, 6) is 0. The van der Waals surface area contributed by atoms with Gasteiger partial charge in [-0.05, 0) is 52.6 Å². The number of rotatable bonds is 2. The highest BCUT2D eigenvalue weighted by molar-refractivity contribution is 9.10. The molecular formula is C18H16BrN. The molecule has 0 aliphatic carbocycles. The van der Waals surface area contributed by atoms with Gasteiger partial charge in [-0.3, -0.25) is 0 Å². The molecule has 0 aliphatic rings. The molecule has 0 amide bonds. The Morgan fingerprint density at radius 2 is 1.65 bits per heavy atom. The molecule has 0 saturated carbocycles. The zero-order valence-corrected chi connectivity index (χ0v) is 12.9. The maximum atomic E-state index is 6.46. The fraction of sp³-hybridized carbons (Fsp3) is 0.111. The van der Waals surface area contributed by atoms with Crippen LogP contribution in [0.2, 0.25) is 0 Å². The smallest absolute Gasteiger partial charge is 0.0554 e. The van der Waals surface area contributed by atoms with E-state index in [0.717, 1.165) is 15.6 Å². The topological polar surface area (TPSA) is 26.0 Å². The third-order valence-electron chi connectivity index (χ3n) is 3.71. The molecule has 1 atom stereocenters. The highest BCUT2D eigenvalue weighted by atomic mass is 79.9. The van der Waals surface area contributed by atoms with E-state index < -0.39 is 0 Å². The first-order valence-electron chi connectivity index (χ1n) is 6.65. The Hall–Kier alpha value is -1.64. The second kappa shape index (κ2) is 5.39. The normalized spacial score (nSPS) is 12.6. The van der Waals surface area contributed by atoms with Crippen molar-refractivity contribution in [2.45, 2.75) is 13.0 Å². The van der Waals surface area contributed by atoms with Crippen LogP contribution in [0.15, 0.2) is 65.1 Å². The summed E-state index contributed by atoms with van der Waals surface area (Å²) in [5, 5.41) is 2.47. The molecule has 0 spiro atoms. The molecule has 2 N–H and O–H groups in total. The van der Waals surface area contributed by atoms with E-state index in [9.17, 15) is 0 Å². The maximum absolute atomic E-state index is 6.46. The van der Waals surface area contributed by atoms with Gasteiger partial charge in [-0.2, -0.15) is 0 Å². The molecule has 20 heavy (non-hydrogen) atoms. The van der Waals surface area contributed by atoms with Crippen molar-refractivity contribution in [3.8, 4) is 0 Å². The van der Waals surface area contributed by atoms with E-state index in [1.165, 1.54) is 16.3 Å². The van der Waals surface area contributed by atoms with Crippen molar-refractivity contribution in [2.75, 3.05) is 0 Å². The number of nitrogens with two attached hydrogens (primary N) is 1. The van der Waals surface area contributed by atoms with E-state index in [0.29, 0.717) is 0 Å². The lowest BCUT2D eigenvalue weighted by Crippen LogP contribution is -2.13. The van der Waals surface area contributed by atoms with Crippen LogP contribution in [0.4, 0.5) is 0 Å². The highest BCUT2D eigenvalue weighted by Gasteiger charge is 2.12. The van der Waals surface area contributed by atoms with Crippen LogP contribution < -0.4 is 5.73 Å². The van der Waals surface area contributed by atoms with Crippen LogP contribution in [0.3, 0.4) is 0 Å². The summed E-state index contributed by atoms with van der Waals surface area (Å²) in [6.07, 6.45) is 0. The van der Waals surface area contributed by atoms with E-state index in [1.54, 1.807) is 0 Å². The van der Waals surface area contributed by atoms with Crippen LogP contribution in [0, 0.1) is 6.92 Å². The van der Waals surface area contributed by atoms with Gasteiger partial charge in [-0.15, -0.1) is 0 Å². The largest absolute Gasteiger partial charge is 0.320 e. The molecule has 0 saturated heterocycles. The lowest BCUT2D eigenvalue weighted by Gasteiger charge is -2.16. The van der Waals surface area contributed by atoms with E-state index in [1.807, 2.05) is 6.07 Å². The molecule has 0 aliphatic heterocycles. The average molecular weight is 326 g/mol. The molecule has 3 rings (SSSR count). The molecule has 1 unspecified atom stereocenters. The summed E-state index contributed by atoms with van der Waals surface area (Å²) in [6, 6.07) is 20.9. The summed E-state index contributed by atoms with van der Waals surface area (Å²) in [5.41, 5.74) is 9.98. The number of aryl methyl sites for hydroxylation is 1. The number of benzene rings is 3. The predicted octanol–water partition coefficient (Wildman–Crippen LogP) is 4.96. The maximum Gasteiger partial charge on any atom is 0.0554 e. The summed E-state index contributed by atoms with van der Waals surface area (Å²) in [4.78, 5) is 0. The number of fused-ring (bicyclic) bond motifs is 1. The molecule has 1 nitrogen and oxygen atoms in total. The second-order valence-corrected chi connectivity index (χ2v) is 6.00. The first kappa shape index (κ1) is 13.3. The van der Waals surface area contributed by atoms with Gasteiger partial charge >= 0.3 is 0 Å². The quantitative estimate of drug-likeness (QED) is 0.708. The van der Waals surface area contributed by atoms with Crippen molar-refractivity contribution in [1.82, 2.24) is 0 Å². The summed E-state index contributed by atoms with van der Waals surface area (Å²) in [6.45, 7) is 2.10. The Labute approximate surface area is 127 Å². The van der Waals surface area contributed by atoms with Gasteiger partial charge in [-0.25, -0.2) is 0 Å². The third kappa shape index (κ3) is 2.49. The van der Waals surface area contributed by atoms with Crippen molar-refractivity contribution in [1.29, 1.82) is 0 Å². The fourth-order valence-electron chi connectivity index (χ4n) is 2.53. The standard InChI is InChI=1S/C18H16BrN/c1-12-6-9-16(19)11-17(12)18(20)15-8-7-13-4-2-3-5-14(13)10-15/h2-11,18H,20H2,1H3. The minimum Gasteiger partial charge on any atom is -0.320 e. The Balaban J connectivity index is 2.07. The van der Waals surface area contributed by atoms with Crippen molar-refractivity contribution in [3.63, 3.8) is 0 Å². The van der Waals surface area contributed by atoms with Gasteiger partial charge in [-0.1, -0.05) is 58.4 Å². The Morgan fingerprint density at radius 3 is 2.45 bits per heavy atom. The van der Waals surface area contributed by atoms with E-state index >= 15 is 0 Å². The van der Waals surface area contributed by atoms with Gasteiger partial charge < -0.3 is 5.73 Å². The van der Waals surface area contributed by atoms with Crippen molar-refractivity contribution in [3.05, 3.63) is 81.8 Å². The van der Waals surface area contributed by atoms with Gasteiger partial charge in [0.05, 0.1) is 6.04 Å².